The zero-order valence-electron chi connectivity index (χ0n) is 28.2. The first-order chi connectivity index (χ1) is 24.8. The average Bonchev–Trinajstić information content (AvgIpc) is 3.21. The largest absolute Gasteiger partial charge is 0.209 e. The van der Waals surface area contributed by atoms with Crippen molar-refractivity contribution in [1.82, 2.24) is 15.0 Å². The molecule has 5 aromatic rings. The van der Waals surface area contributed by atoms with Crippen molar-refractivity contribution in [3.63, 3.8) is 0 Å². The van der Waals surface area contributed by atoms with Gasteiger partial charge in [-0.1, -0.05) is 128 Å². The number of aryl methyl sites for hydroxylation is 1. The molecular weight excluding hydrogens is 607 g/mol. The molecule has 0 radical (unpaired) electrons. The lowest BCUT2D eigenvalue weighted by Crippen LogP contribution is -2.12. The topological polar surface area (TPSA) is 38.7 Å². The predicted molar refractivity (Wildman–Crippen MR) is 209 cm³/mol. The fraction of sp³-hybridized carbons (Fsp3) is 0.170. The third-order valence-electron chi connectivity index (χ3n) is 10.5. The van der Waals surface area contributed by atoms with Crippen LogP contribution in [0.5, 0.6) is 0 Å². The van der Waals surface area contributed by atoms with E-state index in [1.165, 1.54) is 44.2 Å². The molecule has 3 heteroatoms. The van der Waals surface area contributed by atoms with Crippen molar-refractivity contribution in [2.45, 2.75) is 38.5 Å². The van der Waals surface area contributed by atoms with Gasteiger partial charge in [0.25, 0.3) is 0 Å². The molecule has 2 atom stereocenters. The van der Waals surface area contributed by atoms with Gasteiger partial charge in [-0.3, -0.25) is 0 Å². The van der Waals surface area contributed by atoms with Crippen LogP contribution < -0.4 is 0 Å². The highest BCUT2D eigenvalue weighted by Gasteiger charge is 2.21. The first kappa shape index (κ1) is 30.4. The number of hydrogen-bond donors (Lipinski definition) is 0. The summed E-state index contributed by atoms with van der Waals surface area (Å²) in [5, 5.41) is 2.63. The molecule has 1 aromatic heterocycles. The van der Waals surface area contributed by atoms with E-state index in [1.807, 2.05) is 18.2 Å². The fourth-order valence-electron chi connectivity index (χ4n) is 7.88. The zero-order chi connectivity index (χ0) is 33.3. The highest BCUT2D eigenvalue weighted by Crippen LogP contribution is 2.40. The first-order valence-corrected chi connectivity index (χ1v) is 18.0. The Hall–Kier alpha value is -5.67. The van der Waals surface area contributed by atoms with E-state index in [-0.39, 0.29) is 0 Å². The summed E-state index contributed by atoms with van der Waals surface area (Å²) < 4.78 is 0. The minimum absolute atomic E-state index is 0.510. The Labute approximate surface area is 294 Å². The highest BCUT2D eigenvalue weighted by atomic mass is 15.0. The maximum absolute atomic E-state index is 5.19. The van der Waals surface area contributed by atoms with Crippen LogP contribution in [0.4, 0.5) is 0 Å². The van der Waals surface area contributed by atoms with Crippen molar-refractivity contribution in [3.05, 3.63) is 168 Å². The van der Waals surface area contributed by atoms with Crippen LogP contribution >= 0.6 is 0 Å². The standard InChI is InChI=1S/C47H39N3/c1-4-14-32(15-5-1)33-24-26-34(27-25-33)38-28-39(44-31-37-20-10-11-21-41(37)42-22-12-13-23-43(42)44)30-40(29-38)47-49-45(35-16-6-2-7-17-35)48-46(50-47)36-18-8-3-9-19-36/h1-8,10,12-14,16-18,20,22-24,26-33H,9,11,15,19,21,25H2. The van der Waals surface area contributed by atoms with Crippen LogP contribution in [0.15, 0.2) is 146 Å². The van der Waals surface area contributed by atoms with Gasteiger partial charge < -0.3 is 0 Å². The summed E-state index contributed by atoms with van der Waals surface area (Å²) in [4.78, 5) is 15.4. The maximum Gasteiger partial charge on any atom is 0.164 e. The van der Waals surface area contributed by atoms with Gasteiger partial charge in [-0.05, 0) is 124 Å². The molecule has 0 aliphatic heterocycles. The summed E-state index contributed by atoms with van der Waals surface area (Å²) >= 11 is 0. The number of aromatic nitrogens is 3. The van der Waals surface area contributed by atoms with Crippen LogP contribution in [-0.4, -0.2) is 15.0 Å². The van der Waals surface area contributed by atoms with E-state index in [2.05, 4.69) is 134 Å². The number of nitrogens with zero attached hydrogens (tertiary/aromatic N) is 3. The van der Waals surface area contributed by atoms with Gasteiger partial charge in [0.15, 0.2) is 17.5 Å². The monoisotopic (exact) mass is 645 g/mol. The molecule has 0 bridgehead atoms. The Kier molecular flexibility index (Phi) is 8.10. The van der Waals surface area contributed by atoms with Gasteiger partial charge in [-0.15, -0.1) is 0 Å². The number of hydrogen-bond acceptors (Lipinski definition) is 3. The van der Waals surface area contributed by atoms with Gasteiger partial charge in [0, 0.05) is 11.1 Å². The summed E-state index contributed by atoms with van der Waals surface area (Å²) in [6.07, 6.45) is 33.5. The van der Waals surface area contributed by atoms with Crippen molar-refractivity contribution < 1.29 is 0 Å². The molecule has 1 heterocycles. The molecule has 0 saturated carbocycles. The molecule has 0 amide bonds. The molecule has 0 fully saturated rings. The Morgan fingerprint density at radius 3 is 2.10 bits per heavy atom. The molecule has 0 N–H and O–H groups in total. The van der Waals surface area contributed by atoms with Crippen LogP contribution in [0, 0.1) is 11.8 Å². The number of rotatable bonds is 6. The second kappa shape index (κ2) is 13.3. The molecule has 4 aliphatic rings. The lowest BCUT2D eigenvalue weighted by molar-refractivity contribution is 0.478. The normalized spacial score (nSPS) is 19.4. The second-order valence-corrected chi connectivity index (χ2v) is 13.7. The van der Waals surface area contributed by atoms with E-state index >= 15 is 0 Å². The molecule has 50 heavy (non-hydrogen) atoms. The third kappa shape index (κ3) is 5.94. The van der Waals surface area contributed by atoms with Crippen molar-refractivity contribution >= 4 is 28.0 Å². The smallest absolute Gasteiger partial charge is 0.164 e. The van der Waals surface area contributed by atoms with E-state index in [0.29, 0.717) is 23.5 Å². The van der Waals surface area contributed by atoms with Gasteiger partial charge in [0.2, 0.25) is 0 Å². The molecule has 242 valence electrons. The van der Waals surface area contributed by atoms with E-state index < -0.39 is 0 Å². The summed E-state index contributed by atoms with van der Waals surface area (Å²) in [5.74, 6) is 3.22. The number of fused-ring (bicyclic) bond motifs is 3. The molecular formula is C47H39N3. The van der Waals surface area contributed by atoms with Gasteiger partial charge in [0.05, 0.1) is 0 Å². The van der Waals surface area contributed by atoms with Crippen LogP contribution in [0.25, 0.3) is 61.9 Å². The van der Waals surface area contributed by atoms with Crippen LogP contribution in [0.1, 0.15) is 54.6 Å². The van der Waals surface area contributed by atoms with Gasteiger partial charge in [-0.25, -0.2) is 15.0 Å². The van der Waals surface area contributed by atoms with Gasteiger partial charge >= 0.3 is 0 Å². The molecule has 0 saturated heterocycles. The van der Waals surface area contributed by atoms with Crippen LogP contribution in [0.3, 0.4) is 0 Å². The minimum atomic E-state index is 0.510. The van der Waals surface area contributed by atoms with Gasteiger partial charge in [-0.2, -0.15) is 0 Å². The van der Waals surface area contributed by atoms with Crippen molar-refractivity contribution in [2.75, 3.05) is 0 Å². The highest BCUT2D eigenvalue weighted by molar-refractivity contribution is 6.02. The summed E-state index contributed by atoms with van der Waals surface area (Å²) in [7, 11) is 0. The SMILES string of the molecule is C1=CCCC(c2nc(-c3ccccc3)nc(-c3cc(C4=CCC(C5C=CC=CC5)C=C4)cc(-c4cc5c(c6ccccc46)CCC=C5)c3)n2)=C1. The molecule has 3 nitrogen and oxygen atoms in total. The maximum atomic E-state index is 5.19. The van der Waals surface area contributed by atoms with E-state index in [9.17, 15) is 0 Å². The van der Waals surface area contributed by atoms with E-state index in [4.69, 9.17) is 15.0 Å². The average molecular weight is 646 g/mol. The summed E-state index contributed by atoms with van der Waals surface area (Å²) in [5.41, 5.74) is 10.8. The Bertz CT molecular complexity index is 2330. The van der Waals surface area contributed by atoms with E-state index in [0.717, 1.165) is 61.0 Å². The van der Waals surface area contributed by atoms with E-state index in [1.54, 1.807) is 0 Å². The first-order valence-electron chi connectivity index (χ1n) is 18.0. The fourth-order valence-corrected chi connectivity index (χ4v) is 7.88. The van der Waals surface area contributed by atoms with Crippen LogP contribution in [-0.2, 0) is 6.42 Å². The van der Waals surface area contributed by atoms with Crippen molar-refractivity contribution in [2.24, 2.45) is 11.8 Å². The molecule has 4 aliphatic carbocycles. The Balaban J connectivity index is 1.23. The minimum Gasteiger partial charge on any atom is -0.209 e. The van der Waals surface area contributed by atoms with Crippen LogP contribution in [0.2, 0.25) is 0 Å². The predicted octanol–water partition coefficient (Wildman–Crippen LogP) is 11.8. The zero-order valence-corrected chi connectivity index (χ0v) is 28.2. The summed E-state index contributed by atoms with van der Waals surface area (Å²) in [6, 6.07) is 28.5. The number of allylic oxidation sites excluding steroid dienone is 13. The molecule has 9 rings (SSSR count). The number of benzene rings is 4. The quantitative estimate of drug-likeness (QED) is 0.184. The third-order valence-corrected chi connectivity index (χ3v) is 10.5. The Morgan fingerprint density at radius 1 is 0.540 bits per heavy atom. The van der Waals surface area contributed by atoms with Gasteiger partial charge in [0.1, 0.15) is 0 Å². The summed E-state index contributed by atoms with van der Waals surface area (Å²) in [6.45, 7) is 0. The molecule has 2 unspecified atom stereocenters. The lowest BCUT2D eigenvalue weighted by Gasteiger charge is -2.24. The second-order valence-electron chi connectivity index (χ2n) is 13.7. The van der Waals surface area contributed by atoms with Crippen molar-refractivity contribution in [1.29, 1.82) is 0 Å². The molecule has 4 aromatic carbocycles. The Morgan fingerprint density at radius 2 is 1.30 bits per heavy atom. The molecule has 0 spiro atoms. The lowest BCUT2D eigenvalue weighted by atomic mass is 9.80. The van der Waals surface area contributed by atoms with Crippen molar-refractivity contribution in [3.8, 4) is 33.9 Å².